The average molecular weight is 313 g/mol. The number of nitrogen functional groups attached to an aromatic ring is 1. The molecular weight excluding hydrogens is 300 g/mol. The van der Waals surface area contributed by atoms with Crippen LogP contribution in [0.4, 0.5) is 11.5 Å². The highest BCUT2D eigenvalue weighted by Gasteiger charge is 2.19. The molecule has 0 radical (unpaired) electrons. The van der Waals surface area contributed by atoms with E-state index in [1.807, 2.05) is 0 Å². The summed E-state index contributed by atoms with van der Waals surface area (Å²) in [6.45, 7) is 1.78. The summed E-state index contributed by atoms with van der Waals surface area (Å²) in [4.78, 5) is 3.82. The highest BCUT2D eigenvalue weighted by atomic mass is 35.5. The van der Waals surface area contributed by atoms with Crippen molar-refractivity contribution in [1.82, 2.24) is 4.98 Å². The van der Waals surface area contributed by atoms with Crippen molar-refractivity contribution in [1.29, 1.82) is 0 Å². The van der Waals surface area contributed by atoms with Gasteiger partial charge in [0.15, 0.2) is 5.82 Å². The minimum atomic E-state index is -3.81. The first-order chi connectivity index (χ1) is 9.44. The zero-order valence-corrected chi connectivity index (χ0v) is 12.2. The molecule has 0 aliphatic heterocycles. The van der Waals surface area contributed by atoms with Gasteiger partial charge in [-0.25, -0.2) is 19.2 Å². The maximum Gasteiger partial charge on any atom is 0.265 e. The van der Waals surface area contributed by atoms with Gasteiger partial charge in [-0.05, 0) is 36.8 Å². The number of rotatable bonds is 4. The van der Waals surface area contributed by atoms with E-state index in [0.29, 0.717) is 10.7 Å². The Morgan fingerprint density at radius 1 is 1.30 bits per heavy atom. The summed E-state index contributed by atoms with van der Waals surface area (Å²) in [5, 5.41) is 0.441. The van der Waals surface area contributed by atoms with E-state index in [9.17, 15) is 8.42 Å². The first kappa shape index (κ1) is 14.6. The number of halogens is 1. The average Bonchev–Trinajstić information content (AvgIpc) is 2.42. The molecule has 2 rings (SSSR count). The monoisotopic (exact) mass is 312 g/mol. The molecule has 106 valence electrons. The van der Waals surface area contributed by atoms with Gasteiger partial charge >= 0.3 is 0 Å². The third kappa shape index (κ3) is 3.01. The number of anilines is 2. The second-order valence-corrected chi connectivity index (χ2v) is 6.15. The Morgan fingerprint density at radius 3 is 2.75 bits per heavy atom. The number of nitrogens with zero attached hydrogens (tertiary/aromatic N) is 1. The number of pyridine rings is 1. The summed E-state index contributed by atoms with van der Waals surface area (Å²) in [6.07, 6.45) is 1.44. The van der Waals surface area contributed by atoms with Crippen LogP contribution in [0.1, 0.15) is 5.56 Å². The number of hydrogen-bond donors (Lipinski definition) is 3. The second-order valence-electron chi connectivity index (χ2n) is 4.06. The van der Waals surface area contributed by atoms with E-state index in [2.05, 4.69) is 15.1 Å². The fourth-order valence-corrected chi connectivity index (χ4v) is 3.04. The van der Waals surface area contributed by atoms with Crippen LogP contribution in [0.3, 0.4) is 0 Å². The van der Waals surface area contributed by atoms with Crippen LogP contribution in [-0.2, 0) is 10.0 Å². The van der Waals surface area contributed by atoms with Gasteiger partial charge in [0.25, 0.3) is 10.0 Å². The van der Waals surface area contributed by atoms with Gasteiger partial charge in [-0.3, -0.25) is 4.72 Å². The van der Waals surface area contributed by atoms with E-state index in [-0.39, 0.29) is 10.7 Å². The van der Waals surface area contributed by atoms with E-state index in [4.69, 9.17) is 17.4 Å². The lowest BCUT2D eigenvalue weighted by Crippen LogP contribution is -2.18. The van der Waals surface area contributed by atoms with Crippen LogP contribution >= 0.6 is 11.6 Å². The number of nitrogens with two attached hydrogens (primary N) is 1. The van der Waals surface area contributed by atoms with Crippen LogP contribution in [0.25, 0.3) is 0 Å². The molecule has 0 atom stereocenters. The SMILES string of the molecule is Cc1ccc(Cl)cc1NS(=O)(=O)c1cccnc1NN. The summed E-state index contributed by atoms with van der Waals surface area (Å²) in [7, 11) is -3.81. The molecule has 0 fully saturated rings. The molecule has 0 saturated heterocycles. The van der Waals surface area contributed by atoms with Crippen LogP contribution in [0.2, 0.25) is 5.02 Å². The summed E-state index contributed by atoms with van der Waals surface area (Å²) in [5.41, 5.74) is 3.42. The van der Waals surface area contributed by atoms with E-state index >= 15 is 0 Å². The predicted molar refractivity (Wildman–Crippen MR) is 79.0 cm³/mol. The molecule has 2 aromatic rings. The number of nitrogens with one attached hydrogen (secondary N) is 2. The quantitative estimate of drug-likeness (QED) is 0.593. The Labute approximate surface area is 122 Å². The van der Waals surface area contributed by atoms with Gasteiger partial charge in [0, 0.05) is 11.2 Å². The molecule has 0 saturated carbocycles. The summed E-state index contributed by atoms with van der Waals surface area (Å²) in [6, 6.07) is 7.88. The highest BCUT2D eigenvalue weighted by Crippen LogP contribution is 2.25. The Kier molecular flexibility index (Phi) is 4.12. The van der Waals surface area contributed by atoms with Gasteiger partial charge < -0.3 is 5.43 Å². The van der Waals surface area contributed by atoms with Crippen molar-refractivity contribution >= 4 is 33.1 Å². The molecule has 8 heteroatoms. The zero-order valence-electron chi connectivity index (χ0n) is 10.6. The van der Waals surface area contributed by atoms with Crippen LogP contribution in [0.5, 0.6) is 0 Å². The number of aromatic nitrogens is 1. The lowest BCUT2D eigenvalue weighted by molar-refractivity contribution is 0.601. The molecule has 1 heterocycles. The lowest BCUT2D eigenvalue weighted by atomic mass is 10.2. The van der Waals surface area contributed by atoms with E-state index in [0.717, 1.165) is 5.56 Å². The zero-order chi connectivity index (χ0) is 14.8. The van der Waals surface area contributed by atoms with Crippen molar-refractivity contribution in [3.8, 4) is 0 Å². The molecule has 1 aromatic carbocycles. The van der Waals surface area contributed by atoms with Crippen molar-refractivity contribution < 1.29 is 8.42 Å². The Balaban J connectivity index is 2.43. The van der Waals surface area contributed by atoms with Crippen LogP contribution in [0, 0.1) is 6.92 Å². The fourth-order valence-electron chi connectivity index (χ4n) is 1.62. The van der Waals surface area contributed by atoms with E-state index in [1.165, 1.54) is 18.3 Å². The molecule has 0 aliphatic carbocycles. The number of hydrazine groups is 1. The third-order valence-corrected chi connectivity index (χ3v) is 4.27. The van der Waals surface area contributed by atoms with Gasteiger partial charge in [0.1, 0.15) is 4.90 Å². The van der Waals surface area contributed by atoms with Crippen molar-refractivity contribution in [3.05, 3.63) is 47.1 Å². The molecule has 0 amide bonds. The Bertz CT molecular complexity index is 734. The number of aryl methyl sites for hydroxylation is 1. The maximum atomic E-state index is 12.4. The molecule has 0 unspecified atom stereocenters. The number of benzene rings is 1. The van der Waals surface area contributed by atoms with E-state index in [1.54, 1.807) is 25.1 Å². The minimum absolute atomic E-state index is 0.0399. The Hall–Kier alpha value is -1.83. The van der Waals surface area contributed by atoms with E-state index < -0.39 is 10.0 Å². The van der Waals surface area contributed by atoms with Crippen molar-refractivity contribution in [2.45, 2.75) is 11.8 Å². The normalized spacial score (nSPS) is 11.2. The summed E-state index contributed by atoms with van der Waals surface area (Å²) in [5.74, 6) is 5.34. The first-order valence-electron chi connectivity index (χ1n) is 5.64. The molecule has 1 aromatic heterocycles. The maximum absolute atomic E-state index is 12.4. The number of hydrogen-bond acceptors (Lipinski definition) is 5. The largest absolute Gasteiger partial charge is 0.307 e. The van der Waals surface area contributed by atoms with Gasteiger partial charge in [-0.1, -0.05) is 17.7 Å². The van der Waals surface area contributed by atoms with Gasteiger partial charge in [-0.2, -0.15) is 0 Å². The molecule has 6 nitrogen and oxygen atoms in total. The smallest absolute Gasteiger partial charge is 0.265 e. The summed E-state index contributed by atoms with van der Waals surface area (Å²) >= 11 is 5.87. The van der Waals surface area contributed by atoms with Crippen molar-refractivity contribution in [2.75, 3.05) is 10.1 Å². The summed E-state index contributed by atoms with van der Waals surface area (Å²) < 4.78 is 27.2. The molecule has 20 heavy (non-hydrogen) atoms. The third-order valence-electron chi connectivity index (χ3n) is 2.64. The lowest BCUT2D eigenvalue weighted by Gasteiger charge is -2.12. The standard InChI is InChI=1S/C12H13ClN4O2S/c1-8-4-5-9(13)7-10(8)17-20(18,19)11-3-2-6-15-12(11)16-14/h2-7,17H,14H2,1H3,(H,15,16). The first-order valence-corrected chi connectivity index (χ1v) is 7.51. The van der Waals surface area contributed by atoms with Crippen LogP contribution in [-0.4, -0.2) is 13.4 Å². The molecule has 0 bridgehead atoms. The van der Waals surface area contributed by atoms with Crippen LogP contribution < -0.4 is 16.0 Å². The van der Waals surface area contributed by atoms with Crippen molar-refractivity contribution in [3.63, 3.8) is 0 Å². The Morgan fingerprint density at radius 2 is 2.05 bits per heavy atom. The highest BCUT2D eigenvalue weighted by molar-refractivity contribution is 7.92. The molecule has 0 spiro atoms. The van der Waals surface area contributed by atoms with Gasteiger partial charge in [0.2, 0.25) is 0 Å². The van der Waals surface area contributed by atoms with Crippen LogP contribution in [0.15, 0.2) is 41.4 Å². The predicted octanol–water partition coefficient (Wildman–Crippen LogP) is 2.13. The number of sulfonamides is 1. The molecule has 0 aliphatic rings. The minimum Gasteiger partial charge on any atom is -0.307 e. The fraction of sp³-hybridized carbons (Fsp3) is 0.0833. The second kappa shape index (κ2) is 5.66. The molecular formula is C12H13ClN4O2S. The molecule has 4 N–H and O–H groups in total. The van der Waals surface area contributed by atoms with Gasteiger partial charge in [0.05, 0.1) is 5.69 Å². The topological polar surface area (TPSA) is 97.1 Å². The van der Waals surface area contributed by atoms with Gasteiger partial charge in [-0.15, -0.1) is 0 Å². The van der Waals surface area contributed by atoms with Crippen molar-refractivity contribution in [2.24, 2.45) is 5.84 Å².